The van der Waals surface area contributed by atoms with Gasteiger partial charge in [0.05, 0.1) is 11.9 Å². The quantitative estimate of drug-likeness (QED) is 0.909. The lowest BCUT2D eigenvalue weighted by Gasteiger charge is -2.35. The number of aromatic nitrogens is 2. The van der Waals surface area contributed by atoms with Crippen molar-refractivity contribution in [3.05, 3.63) is 17.7 Å². The lowest BCUT2D eigenvalue weighted by Crippen LogP contribution is -2.47. The standard InChI is InChI=1S/C15H25N5O/c1-10(2)14-17-8-12(16)13(18-14)15(21)20(4)11-6-5-7-19(3)9-11/h8,10-11H,5-7,9,16H2,1-4H3. The molecule has 0 saturated carbocycles. The van der Waals surface area contributed by atoms with E-state index >= 15 is 0 Å². The maximum Gasteiger partial charge on any atom is 0.274 e. The number of likely N-dealkylation sites (tertiary alicyclic amines) is 1. The molecule has 2 rings (SSSR count). The van der Waals surface area contributed by atoms with Crippen molar-refractivity contribution in [2.45, 2.75) is 38.6 Å². The van der Waals surface area contributed by atoms with E-state index in [4.69, 9.17) is 5.73 Å². The van der Waals surface area contributed by atoms with Gasteiger partial charge in [-0.2, -0.15) is 0 Å². The molecule has 0 radical (unpaired) electrons. The number of nitrogen functional groups attached to an aromatic ring is 1. The van der Waals surface area contributed by atoms with Crippen LogP contribution >= 0.6 is 0 Å². The van der Waals surface area contributed by atoms with Gasteiger partial charge in [0.2, 0.25) is 0 Å². The Kier molecular flexibility index (Phi) is 4.77. The topological polar surface area (TPSA) is 75.3 Å². The van der Waals surface area contributed by atoms with Gasteiger partial charge in [-0.3, -0.25) is 4.79 Å². The van der Waals surface area contributed by atoms with Crippen LogP contribution in [0, 0.1) is 0 Å². The molecule has 1 atom stereocenters. The zero-order valence-corrected chi connectivity index (χ0v) is 13.3. The van der Waals surface area contributed by atoms with E-state index in [9.17, 15) is 4.79 Å². The minimum atomic E-state index is -0.114. The number of likely N-dealkylation sites (N-methyl/N-ethyl adjacent to an activating group) is 2. The molecule has 1 aliphatic heterocycles. The summed E-state index contributed by atoms with van der Waals surface area (Å²) in [5.41, 5.74) is 6.57. The largest absolute Gasteiger partial charge is 0.396 e. The van der Waals surface area contributed by atoms with Crippen LogP contribution in [-0.4, -0.2) is 58.9 Å². The number of nitrogens with two attached hydrogens (primary N) is 1. The van der Waals surface area contributed by atoms with E-state index < -0.39 is 0 Å². The number of anilines is 1. The molecule has 1 fully saturated rings. The van der Waals surface area contributed by atoms with Crippen molar-refractivity contribution in [1.82, 2.24) is 19.8 Å². The van der Waals surface area contributed by atoms with Crippen molar-refractivity contribution in [3.63, 3.8) is 0 Å². The number of nitrogens with zero attached hydrogens (tertiary/aromatic N) is 4. The van der Waals surface area contributed by atoms with Gasteiger partial charge in [0.15, 0.2) is 5.69 Å². The number of hydrogen-bond donors (Lipinski definition) is 1. The molecule has 1 unspecified atom stereocenters. The fourth-order valence-corrected chi connectivity index (χ4v) is 2.64. The molecule has 0 bridgehead atoms. The van der Waals surface area contributed by atoms with Crippen molar-refractivity contribution in [3.8, 4) is 0 Å². The van der Waals surface area contributed by atoms with E-state index in [1.54, 1.807) is 4.90 Å². The van der Waals surface area contributed by atoms with Gasteiger partial charge in [-0.25, -0.2) is 9.97 Å². The highest BCUT2D eigenvalue weighted by atomic mass is 16.2. The summed E-state index contributed by atoms with van der Waals surface area (Å²) in [6.07, 6.45) is 3.67. The number of hydrogen-bond acceptors (Lipinski definition) is 5. The molecule has 1 saturated heterocycles. The predicted octanol–water partition coefficient (Wildman–Crippen LogP) is 1.35. The summed E-state index contributed by atoms with van der Waals surface area (Å²) in [6.45, 7) is 5.98. The van der Waals surface area contributed by atoms with Crippen molar-refractivity contribution in [1.29, 1.82) is 0 Å². The molecule has 0 spiro atoms. The average Bonchev–Trinajstić information content (AvgIpc) is 2.46. The van der Waals surface area contributed by atoms with Gasteiger partial charge in [0.25, 0.3) is 5.91 Å². The second-order valence-corrected chi connectivity index (χ2v) is 6.16. The monoisotopic (exact) mass is 291 g/mol. The van der Waals surface area contributed by atoms with Crippen molar-refractivity contribution in [2.75, 3.05) is 32.9 Å². The summed E-state index contributed by atoms with van der Waals surface area (Å²) in [7, 11) is 3.92. The third-order valence-corrected chi connectivity index (χ3v) is 4.02. The van der Waals surface area contributed by atoms with Crippen LogP contribution in [0.25, 0.3) is 0 Å². The Hall–Kier alpha value is -1.69. The number of piperidine rings is 1. The van der Waals surface area contributed by atoms with Crippen LogP contribution in [0.4, 0.5) is 5.69 Å². The highest BCUT2D eigenvalue weighted by Crippen LogP contribution is 2.19. The molecule has 0 aliphatic carbocycles. The Labute approximate surface area is 126 Å². The summed E-state index contributed by atoms with van der Waals surface area (Å²) < 4.78 is 0. The third-order valence-electron chi connectivity index (χ3n) is 4.02. The third kappa shape index (κ3) is 3.50. The lowest BCUT2D eigenvalue weighted by atomic mass is 10.0. The van der Waals surface area contributed by atoms with E-state index in [-0.39, 0.29) is 17.9 Å². The highest BCUT2D eigenvalue weighted by Gasteiger charge is 2.27. The van der Waals surface area contributed by atoms with Crippen molar-refractivity contribution < 1.29 is 4.79 Å². The fraction of sp³-hybridized carbons (Fsp3) is 0.667. The zero-order chi connectivity index (χ0) is 15.6. The predicted molar refractivity (Wildman–Crippen MR) is 83.1 cm³/mol. The number of carbonyl (C=O) groups excluding carboxylic acids is 1. The molecule has 6 heteroatoms. The van der Waals surface area contributed by atoms with Crippen molar-refractivity contribution in [2.24, 2.45) is 0 Å². The molecule has 6 nitrogen and oxygen atoms in total. The van der Waals surface area contributed by atoms with Gasteiger partial charge in [-0.1, -0.05) is 13.8 Å². The van der Waals surface area contributed by atoms with E-state index in [1.807, 2.05) is 20.9 Å². The molecule has 2 N–H and O–H groups in total. The number of carbonyl (C=O) groups is 1. The van der Waals surface area contributed by atoms with Crippen LogP contribution in [0.15, 0.2) is 6.20 Å². The molecular weight excluding hydrogens is 266 g/mol. The first-order chi connectivity index (χ1) is 9.90. The first kappa shape index (κ1) is 15.7. The molecule has 116 valence electrons. The zero-order valence-electron chi connectivity index (χ0n) is 13.3. The average molecular weight is 291 g/mol. The van der Waals surface area contributed by atoms with Crippen LogP contribution < -0.4 is 5.73 Å². The minimum Gasteiger partial charge on any atom is -0.396 e. The summed E-state index contributed by atoms with van der Waals surface area (Å²) in [4.78, 5) is 25.3. The minimum absolute atomic E-state index is 0.114. The molecular formula is C15H25N5O. The van der Waals surface area contributed by atoms with Crippen LogP contribution in [-0.2, 0) is 0 Å². The van der Waals surface area contributed by atoms with Crippen LogP contribution in [0.3, 0.4) is 0 Å². The first-order valence-electron chi connectivity index (χ1n) is 7.48. The van der Waals surface area contributed by atoms with Gasteiger partial charge in [0, 0.05) is 25.6 Å². The molecule has 21 heavy (non-hydrogen) atoms. The van der Waals surface area contributed by atoms with Gasteiger partial charge >= 0.3 is 0 Å². The SMILES string of the molecule is CC(C)c1ncc(N)c(C(=O)N(C)C2CCCN(C)C2)n1. The molecule has 1 aromatic rings. The summed E-state index contributed by atoms with van der Waals surface area (Å²) in [6, 6.07) is 0.216. The fourth-order valence-electron chi connectivity index (χ4n) is 2.64. The molecule has 2 heterocycles. The normalized spacial score (nSPS) is 19.8. The van der Waals surface area contributed by atoms with E-state index in [1.165, 1.54) is 6.20 Å². The summed E-state index contributed by atoms with van der Waals surface area (Å²) in [5, 5.41) is 0. The van der Waals surface area contributed by atoms with Gasteiger partial charge in [-0.05, 0) is 26.4 Å². The van der Waals surface area contributed by atoms with Gasteiger partial charge < -0.3 is 15.5 Å². The van der Waals surface area contributed by atoms with E-state index in [2.05, 4.69) is 21.9 Å². The number of amides is 1. The maximum atomic E-state index is 12.7. The Morgan fingerprint density at radius 1 is 1.52 bits per heavy atom. The Morgan fingerprint density at radius 2 is 2.24 bits per heavy atom. The Bertz CT molecular complexity index is 517. The Morgan fingerprint density at radius 3 is 2.86 bits per heavy atom. The lowest BCUT2D eigenvalue weighted by molar-refractivity contribution is 0.0639. The Balaban J connectivity index is 2.20. The second kappa shape index (κ2) is 6.39. The maximum absolute atomic E-state index is 12.7. The summed E-state index contributed by atoms with van der Waals surface area (Å²) >= 11 is 0. The highest BCUT2D eigenvalue weighted by molar-refractivity contribution is 5.97. The van der Waals surface area contributed by atoms with Crippen LogP contribution in [0.5, 0.6) is 0 Å². The molecule has 1 aromatic heterocycles. The second-order valence-electron chi connectivity index (χ2n) is 6.16. The smallest absolute Gasteiger partial charge is 0.274 e. The van der Waals surface area contributed by atoms with E-state index in [0.717, 1.165) is 25.9 Å². The van der Waals surface area contributed by atoms with Crippen LogP contribution in [0.2, 0.25) is 0 Å². The first-order valence-corrected chi connectivity index (χ1v) is 7.48. The molecule has 0 aromatic carbocycles. The summed E-state index contributed by atoms with van der Waals surface area (Å²) in [5.74, 6) is 0.710. The number of rotatable bonds is 3. The van der Waals surface area contributed by atoms with E-state index in [0.29, 0.717) is 17.2 Å². The molecule has 1 amide bonds. The van der Waals surface area contributed by atoms with Crippen LogP contribution in [0.1, 0.15) is 48.9 Å². The molecule has 1 aliphatic rings. The van der Waals surface area contributed by atoms with Crippen molar-refractivity contribution >= 4 is 11.6 Å². The van der Waals surface area contributed by atoms with Gasteiger partial charge in [0.1, 0.15) is 5.82 Å². The van der Waals surface area contributed by atoms with Gasteiger partial charge in [-0.15, -0.1) is 0 Å².